The van der Waals surface area contributed by atoms with Crippen LogP contribution >= 0.6 is 0 Å². The highest BCUT2D eigenvalue weighted by Crippen LogP contribution is 2.23. The topological polar surface area (TPSA) is 68.1 Å². The van der Waals surface area contributed by atoms with E-state index in [1.807, 2.05) is 24.3 Å². The summed E-state index contributed by atoms with van der Waals surface area (Å²) >= 11 is 0. The van der Waals surface area contributed by atoms with Crippen molar-refractivity contribution < 1.29 is 9.53 Å². The SMILES string of the molecule is COc1cccc(CCc2c([Si](C)(C)C)[nH]c3ccc(C(N)=O)cc23)c1. The molecular weight excluding hydrogens is 340 g/mol. The molecule has 0 spiro atoms. The van der Waals surface area contributed by atoms with Gasteiger partial charge in [-0.2, -0.15) is 0 Å². The highest BCUT2D eigenvalue weighted by molar-refractivity contribution is 6.88. The lowest BCUT2D eigenvalue weighted by Gasteiger charge is -2.17. The molecule has 0 aliphatic carbocycles. The van der Waals surface area contributed by atoms with Crippen molar-refractivity contribution in [3.8, 4) is 5.75 Å². The van der Waals surface area contributed by atoms with Crippen LogP contribution in [0.1, 0.15) is 21.5 Å². The number of H-pyrrole nitrogens is 1. The minimum Gasteiger partial charge on any atom is -0.497 e. The molecule has 1 heterocycles. The van der Waals surface area contributed by atoms with E-state index in [4.69, 9.17) is 10.5 Å². The van der Waals surface area contributed by atoms with Gasteiger partial charge in [0.05, 0.1) is 15.2 Å². The van der Waals surface area contributed by atoms with Crippen molar-refractivity contribution in [3.63, 3.8) is 0 Å². The molecule has 0 saturated heterocycles. The Bertz CT molecular complexity index is 954. The molecule has 0 fully saturated rings. The third kappa shape index (κ3) is 3.67. The van der Waals surface area contributed by atoms with E-state index in [-0.39, 0.29) is 5.91 Å². The van der Waals surface area contributed by atoms with E-state index < -0.39 is 8.07 Å². The number of ether oxygens (including phenoxy) is 1. The number of rotatable bonds is 6. The summed E-state index contributed by atoms with van der Waals surface area (Å²) in [5.41, 5.74) is 9.68. The van der Waals surface area contributed by atoms with Gasteiger partial charge >= 0.3 is 0 Å². The molecule has 0 unspecified atom stereocenters. The van der Waals surface area contributed by atoms with Crippen LogP contribution in [0.25, 0.3) is 10.9 Å². The van der Waals surface area contributed by atoms with Crippen LogP contribution in [0.5, 0.6) is 5.75 Å². The number of aromatic amines is 1. The van der Waals surface area contributed by atoms with Crippen molar-refractivity contribution in [2.24, 2.45) is 5.73 Å². The number of methoxy groups -OCH3 is 1. The zero-order valence-corrected chi connectivity index (χ0v) is 16.8. The molecule has 0 aliphatic heterocycles. The Labute approximate surface area is 155 Å². The first-order chi connectivity index (χ1) is 12.3. The molecule has 2 aromatic carbocycles. The van der Waals surface area contributed by atoms with Gasteiger partial charge in [-0.3, -0.25) is 4.79 Å². The fourth-order valence-electron chi connectivity index (χ4n) is 3.40. The molecule has 1 amide bonds. The van der Waals surface area contributed by atoms with Crippen molar-refractivity contribution in [2.75, 3.05) is 7.11 Å². The number of aryl methyl sites for hydroxylation is 2. The summed E-state index contributed by atoms with van der Waals surface area (Å²) in [6.07, 6.45) is 1.83. The summed E-state index contributed by atoms with van der Waals surface area (Å²) in [5.74, 6) is 0.490. The molecule has 0 atom stereocenters. The number of hydrogen-bond donors (Lipinski definition) is 2. The van der Waals surface area contributed by atoms with Crippen LogP contribution in [-0.2, 0) is 12.8 Å². The standard InChI is InChI=1S/C21H26N2O2Si/c1-25-16-7-5-6-14(12-16)8-10-17-18-13-15(20(22)24)9-11-19(18)23-21(17)26(2,3)4/h5-7,9,11-13,23H,8,10H2,1-4H3,(H2,22,24). The number of primary amides is 1. The number of fused-ring (bicyclic) bond motifs is 1. The Morgan fingerprint density at radius 1 is 1.12 bits per heavy atom. The van der Waals surface area contributed by atoms with E-state index in [2.05, 4.69) is 36.8 Å². The summed E-state index contributed by atoms with van der Waals surface area (Å²) in [4.78, 5) is 15.2. The van der Waals surface area contributed by atoms with E-state index in [9.17, 15) is 4.79 Å². The summed E-state index contributed by atoms with van der Waals surface area (Å²) in [6.45, 7) is 7.01. The molecule has 26 heavy (non-hydrogen) atoms. The average Bonchev–Trinajstić information content (AvgIpc) is 2.98. The van der Waals surface area contributed by atoms with Crippen LogP contribution in [0.3, 0.4) is 0 Å². The van der Waals surface area contributed by atoms with Crippen LogP contribution in [0.4, 0.5) is 0 Å². The van der Waals surface area contributed by atoms with E-state index in [1.54, 1.807) is 13.2 Å². The van der Waals surface area contributed by atoms with Gasteiger partial charge in [0.1, 0.15) is 5.75 Å². The van der Waals surface area contributed by atoms with E-state index in [0.29, 0.717) is 5.56 Å². The zero-order valence-electron chi connectivity index (χ0n) is 15.8. The van der Waals surface area contributed by atoms with Crippen LogP contribution in [0.2, 0.25) is 19.6 Å². The van der Waals surface area contributed by atoms with Gasteiger partial charge in [-0.25, -0.2) is 0 Å². The van der Waals surface area contributed by atoms with Crippen molar-refractivity contribution in [1.29, 1.82) is 0 Å². The van der Waals surface area contributed by atoms with Gasteiger partial charge in [0.25, 0.3) is 0 Å². The Kier molecular flexibility index (Phi) is 4.91. The molecule has 0 saturated carbocycles. The lowest BCUT2D eigenvalue weighted by molar-refractivity contribution is 0.100. The van der Waals surface area contributed by atoms with Gasteiger partial charge in [-0.1, -0.05) is 31.8 Å². The molecule has 0 bridgehead atoms. The highest BCUT2D eigenvalue weighted by Gasteiger charge is 2.24. The number of aromatic nitrogens is 1. The second kappa shape index (κ2) is 7.00. The highest BCUT2D eigenvalue weighted by atomic mass is 28.3. The Hall–Kier alpha value is -2.53. The fourth-order valence-corrected chi connectivity index (χ4v) is 5.07. The maximum Gasteiger partial charge on any atom is 0.248 e. The monoisotopic (exact) mass is 366 g/mol. The lowest BCUT2D eigenvalue weighted by Crippen LogP contribution is -2.41. The van der Waals surface area contributed by atoms with E-state index in [1.165, 1.54) is 16.4 Å². The maximum absolute atomic E-state index is 11.6. The van der Waals surface area contributed by atoms with Crippen LogP contribution in [-0.4, -0.2) is 26.1 Å². The summed E-state index contributed by atoms with van der Waals surface area (Å²) in [5, 5.41) is 2.46. The van der Waals surface area contributed by atoms with Crippen LogP contribution in [0.15, 0.2) is 42.5 Å². The second-order valence-electron chi connectivity index (χ2n) is 7.70. The summed E-state index contributed by atoms with van der Waals surface area (Å²) in [6, 6.07) is 13.9. The number of nitrogens with two attached hydrogens (primary N) is 1. The third-order valence-corrected chi connectivity index (χ3v) is 6.67. The summed E-state index contributed by atoms with van der Waals surface area (Å²) in [7, 11) is 0.130. The molecule has 136 valence electrons. The van der Waals surface area contributed by atoms with Gasteiger partial charge in [0.15, 0.2) is 0 Å². The fraction of sp³-hybridized carbons (Fsp3) is 0.286. The van der Waals surface area contributed by atoms with Gasteiger partial charge in [0, 0.05) is 21.8 Å². The zero-order chi connectivity index (χ0) is 18.9. The number of nitrogens with one attached hydrogen (secondary N) is 1. The van der Waals surface area contributed by atoms with Crippen molar-refractivity contribution >= 4 is 30.2 Å². The number of amides is 1. The molecule has 1 aromatic heterocycles. The predicted octanol–water partition coefficient (Wildman–Crippen LogP) is 3.61. The van der Waals surface area contributed by atoms with E-state index >= 15 is 0 Å². The molecule has 3 N–H and O–H groups in total. The predicted molar refractivity (Wildman–Crippen MR) is 110 cm³/mol. The first-order valence-corrected chi connectivity index (χ1v) is 12.4. The number of carbonyl (C=O) groups is 1. The molecule has 4 nitrogen and oxygen atoms in total. The van der Waals surface area contributed by atoms with Gasteiger partial charge < -0.3 is 15.5 Å². The van der Waals surface area contributed by atoms with Gasteiger partial charge in [0.2, 0.25) is 5.91 Å². The third-order valence-electron chi connectivity index (χ3n) is 4.74. The number of hydrogen-bond acceptors (Lipinski definition) is 2. The average molecular weight is 367 g/mol. The maximum atomic E-state index is 11.6. The summed E-state index contributed by atoms with van der Waals surface area (Å²) < 4.78 is 5.33. The molecule has 3 aromatic rings. The molecule has 3 rings (SSSR count). The minimum atomic E-state index is -1.56. The molecule has 0 aliphatic rings. The largest absolute Gasteiger partial charge is 0.497 e. The number of carbonyl (C=O) groups excluding carboxylic acids is 1. The van der Waals surface area contributed by atoms with Crippen LogP contribution in [0, 0.1) is 0 Å². The van der Waals surface area contributed by atoms with Crippen molar-refractivity contribution in [3.05, 3.63) is 59.2 Å². The first-order valence-electron chi connectivity index (χ1n) is 8.87. The van der Waals surface area contributed by atoms with Gasteiger partial charge in [-0.05, 0) is 54.3 Å². The van der Waals surface area contributed by atoms with Crippen molar-refractivity contribution in [1.82, 2.24) is 4.98 Å². The molecular formula is C21H26N2O2Si. The Morgan fingerprint density at radius 2 is 1.88 bits per heavy atom. The van der Waals surface area contributed by atoms with E-state index in [0.717, 1.165) is 29.5 Å². The molecule has 0 radical (unpaired) electrons. The Morgan fingerprint density at radius 3 is 2.54 bits per heavy atom. The Balaban J connectivity index is 2.03. The number of benzene rings is 2. The smallest absolute Gasteiger partial charge is 0.248 e. The normalized spacial score (nSPS) is 11.7. The minimum absolute atomic E-state index is 0.388. The van der Waals surface area contributed by atoms with Crippen molar-refractivity contribution in [2.45, 2.75) is 32.5 Å². The second-order valence-corrected chi connectivity index (χ2v) is 12.7. The quantitative estimate of drug-likeness (QED) is 0.655. The van der Waals surface area contributed by atoms with Crippen LogP contribution < -0.4 is 15.8 Å². The van der Waals surface area contributed by atoms with Gasteiger partial charge in [-0.15, -0.1) is 0 Å². The molecule has 5 heteroatoms. The first kappa shape index (κ1) is 18.3. The lowest BCUT2D eigenvalue weighted by atomic mass is 10.0.